The average Bonchev–Trinajstić information content (AvgIpc) is 2.85. The van der Waals surface area contributed by atoms with Crippen molar-refractivity contribution in [3.63, 3.8) is 0 Å². The van der Waals surface area contributed by atoms with Crippen molar-refractivity contribution in [2.24, 2.45) is 5.92 Å². The third-order valence-electron chi connectivity index (χ3n) is 4.19. The molecule has 0 spiro atoms. The van der Waals surface area contributed by atoms with E-state index >= 15 is 0 Å². The number of hydrogen-bond donors (Lipinski definition) is 1. The Morgan fingerprint density at radius 1 is 1.42 bits per heavy atom. The largest absolute Gasteiger partial charge is 0.478 e. The molecule has 0 aromatic carbocycles. The quantitative estimate of drug-likeness (QED) is 0.891. The molecule has 0 amide bonds. The first-order valence-corrected chi connectivity index (χ1v) is 7.22. The SMILES string of the molecule is CCOc1ncnc(N2C[C@@H]3CCCN[C@@H]3C2)c1C. The molecule has 3 rings (SSSR count). The van der Waals surface area contributed by atoms with Gasteiger partial charge >= 0.3 is 0 Å². The van der Waals surface area contributed by atoms with Crippen LogP contribution >= 0.6 is 0 Å². The third kappa shape index (κ3) is 2.39. The van der Waals surface area contributed by atoms with Gasteiger partial charge in [0.25, 0.3) is 0 Å². The first-order chi connectivity index (χ1) is 9.29. The molecule has 19 heavy (non-hydrogen) atoms. The maximum Gasteiger partial charge on any atom is 0.221 e. The summed E-state index contributed by atoms with van der Waals surface area (Å²) in [4.78, 5) is 11.1. The van der Waals surface area contributed by atoms with Gasteiger partial charge in [-0.2, -0.15) is 0 Å². The van der Waals surface area contributed by atoms with Crippen LogP contribution in [-0.4, -0.2) is 42.3 Å². The van der Waals surface area contributed by atoms with Gasteiger partial charge in [-0.1, -0.05) is 0 Å². The Bertz CT molecular complexity index is 437. The van der Waals surface area contributed by atoms with Crippen LogP contribution in [0.2, 0.25) is 0 Å². The second-order valence-corrected chi connectivity index (χ2v) is 5.43. The minimum Gasteiger partial charge on any atom is -0.478 e. The molecule has 0 aliphatic carbocycles. The number of aromatic nitrogens is 2. The number of nitrogens with zero attached hydrogens (tertiary/aromatic N) is 3. The summed E-state index contributed by atoms with van der Waals surface area (Å²) in [6.45, 7) is 7.98. The molecule has 0 bridgehead atoms. The van der Waals surface area contributed by atoms with E-state index in [-0.39, 0.29) is 0 Å². The summed E-state index contributed by atoms with van der Waals surface area (Å²) in [6.07, 6.45) is 4.24. The smallest absolute Gasteiger partial charge is 0.221 e. The molecule has 0 unspecified atom stereocenters. The van der Waals surface area contributed by atoms with Gasteiger partial charge in [0.15, 0.2) is 0 Å². The fourth-order valence-corrected chi connectivity index (χ4v) is 3.25. The third-order valence-corrected chi connectivity index (χ3v) is 4.19. The van der Waals surface area contributed by atoms with Crippen molar-refractivity contribution >= 4 is 5.82 Å². The van der Waals surface area contributed by atoms with Gasteiger partial charge in [0.05, 0.1) is 12.2 Å². The normalized spacial score (nSPS) is 26.3. The molecule has 1 aromatic rings. The summed E-state index contributed by atoms with van der Waals surface area (Å²) >= 11 is 0. The van der Waals surface area contributed by atoms with E-state index in [1.807, 2.05) is 6.92 Å². The topological polar surface area (TPSA) is 50.3 Å². The van der Waals surface area contributed by atoms with E-state index in [1.54, 1.807) is 6.33 Å². The molecule has 2 atom stereocenters. The van der Waals surface area contributed by atoms with Crippen LogP contribution in [0.4, 0.5) is 5.82 Å². The molecule has 2 aliphatic heterocycles. The molecular weight excluding hydrogens is 240 g/mol. The van der Waals surface area contributed by atoms with E-state index in [1.165, 1.54) is 12.8 Å². The van der Waals surface area contributed by atoms with Gasteiger partial charge in [-0.3, -0.25) is 0 Å². The van der Waals surface area contributed by atoms with Gasteiger partial charge in [-0.15, -0.1) is 0 Å². The van der Waals surface area contributed by atoms with Crippen LogP contribution in [0.5, 0.6) is 5.88 Å². The Hall–Kier alpha value is -1.36. The number of ether oxygens (including phenoxy) is 1. The second-order valence-electron chi connectivity index (χ2n) is 5.43. The lowest BCUT2D eigenvalue weighted by Crippen LogP contribution is -2.40. The maximum atomic E-state index is 5.56. The van der Waals surface area contributed by atoms with E-state index in [2.05, 4.69) is 27.1 Å². The molecule has 104 valence electrons. The Labute approximate surface area is 114 Å². The molecule has 5 nitrogen and oxygen atoms in total. The average molecular weight is 262 g/mol. The van der Waals surface area contributed by atoms with Crippen LogP contribution in [0, 0.1) is 12.8 Å². The van der Waals surface area contributed by atoms with Crippen molar-refractivity contribution in [3.8, 4) is 5.88 Å². The monoisotopic (exact) mass is 262 g/mol. The number of nitrogens with one attached hydrogen (secondary N) is 1. The predicted molar refractivity (Wildman–Crippen MR) is 74.7 cm³/mol. The summed E-state index contributed by atoms with van der Waals surface area (Å²) in [6, 6.07) is 0.624. The summed E-state index contributed by atoms with van der Waals surface area (Å²) < 4.78 is 5.56. The highest BCUT2D eigenvalue weighted by Gasteiger charge is 2.35. The van der Waals surface area contributed by atoms with E-state index in [0.29, 0.717) is 12.6 Å². The highest BCUT2D eigenvalue weighted by molar-refractivity contribution is 5.51. The number of anilines is 1. The van der Waals surface area contributed by atoms with Crippen LogP contribution in [-0.2, 0) is 0 Å². The second kappa shape index (κ2) is 5.33. The zero-order valence-corrected chi connectivity index (χ0v) is 11.7. The lowest BCUT2D eigenvalue weighted by atomic mass is 9.94. The standard InChI is InChI=1S/C14H22N4O/c1-3-19-14-10(2)13(16-9-17-14)18-7-11-5-4-6-15-12(11)8-18/h9,11-12,15H,3-8H2,1-2H3/t11-,12+/m0/s1. The summed E-state index contributed by atoms with van der Waals surface area (Å²) in [5.41, 5.74) is 1.06. The Morgan fingerprint density at radius 3 is 3.11 bits per heavy atom. The van der Waals surface area contributed by atoms with Crippen LogP contribution in [0.25, 0.3) is 0 Å². The number of hydrogen-bond acceptors (Lipinski definition) is 5. The molecule has 5 heteroatoms. The van der Waals surface area contributed by atoms with Gasteiger partial charge in [0.2, 0.25) is 5.88 Å². The molecular formula is C14H22N4O. The fraction of sp³-hybridized carbons (Fsp3) is 0.714. The Kier molecular flexibility index (Phi) is 3.55. The number of rotatable bonds is 3. The van der Waals surface area contributed by atoms with Gasteiger partial charge in [0.1, 0.15) is 12.1 Å². The summed E-state index contributed by atoms with van der Waals surface area (Å²) in [5, 5.41) is 3.62. The molecule has 0 saturated carbocycles. The van der Waals surface area contributed by atoms with Crippen molar-refractivity contribution in [2.45, 2.75) is 32.7 Å². The Morgan fingerprint density at radius 2 is 2.32 bits per heavy atom. The van der Waals surface area contributed by atoms with Gasteiger partial charge in [0, 0.05) is 19.1 Å². The highest BCUT2D eigenvalue weighted by Crippen LogP contribution is 2.31. The minimum atomic E-state index is 0.624. The number of fused-ring (bicyclic) bond motifs is 1. The van der Waals surface area contributed by atoms with Gasteiger partial charge < -0.3 is 15.0 Å². The Balaban J connectivity index is 1.81. The summed E-state index contributed by atoms with van der Waals surface area (Å²) in [5.74, 6) is 2.52. The fourth-order valence-electron chi connectivity index (χ4n) is 3.25. The van der Waals surface area contributed by atoms with Crippen molar-refractivity contribution in [1.82, 2.24) is 15.3 Å². The van der Waals surface area contributed by atoms with Gasteiger partial charge in [-0.05, 0) is 39.2 Å². The molecule has 2 saturated heterocycles. The van der Waals surface area contributed by atoms with E-state index < -0.39 is 0 Å². The van der Waals surface area contributed by atoms with Crippen molar-refractivity contribution in [1.29, 1.82) is 0 Å². The lowest BCUT2D eigenvalue weighted by molar-refractivity contribution is 0.323. The zero-order chi connectivity index (χ0) is 13.2. The van der Waals surface area contributed by atoms with E-state index in [9.17, 15) is 0 Å². The van der Waals surface area contributed by atoms with E-state index in [0.717, 1.165) is 42.8 Å². The van der Waals surface area contributed by atoms with Crippen molar-refractivity contribution in [2.75, 3.05) is 31.1 Å². The summed E-state index contributed by atoms with van der Waals surface area (Å²) in [7, 11) is 0. The van der Waals surface area contributed by atoms with Crippen LogP contribution in [0.15, 0.2) is 6.33 Å². The van der Waals surface area contributed by atoms with Crippen LogP contribution in [0.1, 0.15) is 25.3 Å². The molecule has 1 N–H and O–H groups in total. The van der Waals surface area contributed by atoms with Crippen LogP contribution < -0.4 is 15.0 Å². The lowest BCUT2D eigenvalue weighted by Gasteiger charge is -2.24. The maximum absolute atomic E-state index is 5.56. The first kappa shape index (κ1) is 12.7. The molecule has 0 radical (unpaired) electrons. The van der Waals surface area contributed by atoms with Crippen molar-refractivity contribution in [3.05, 3.63) is 11.9 Å². The molecule has 2 fully saturated rings. The van der Waals surface area contributed by atoms with Crippen molar-refractivity contribution < 1.29 is 4.74 Å². The first-order valence-electron chi connectivity index (χ1n) is 7.22. The van der Waals surface area contributed by atoms with E-state index in [4.69, 9.17) is 4.74 Å². The zero-order valence-electron chi connectivity index (χ0n) is 11.7. The van der Waals surface area contributed by atoms with Gasteiger partial charge in [-0.25, -0.2) is 9.97 Å². The predicted octanol–water partition coefficient (Wildman–Crippen LogP) is 1.37. The highest BCUT2D eigenvalue weighted by atomic mass is 16.5. The molecule has 1 aromatic heterocycles. The van der Waals surface area contributed by atoms with Crippen LogP contribution in [0.3, 0.4) is 0 Å². The molecule has 2 aliphatic rings. The minimum absolute atomic E-state index is 0.624. The number of piperidine rings is 1. The molecule has 3 heterocycles.